The fourth-order valence-corrected chi connectivity index (χ4v) is 1.40. The van der Waals surface area contributed by atoms with Gasteiger partial charge >= 0.3 is 0 Å². The molecule has 0 radical (unpaired) electrons. The van der Waals surface area contributed by atoms with Crippen molar-refractivity contribution < 1.29 is 9.13 Å². The number of hydrogen-bond acceptors (Lipinski definition) is 2. The Kier molecular flexibility index (Phi) is 4.09. The molecular weight excluding hydrogens is 193 g/mol. The summed E-state index contributed by atoms with van der Waals surface area (Å²) in [6.45, 7) is 1.23. The van der Waals surface area contributed by atoms with Crippen LogP contribution in [0.5, 0.6) is 5.75 Å². The number of ether oxygens (including phenoxy) is 1. The second-order valence-corrected chi connectivity index (χ2v) is 4.10. The molecule has 1 atom stereocenters. The molecule has 0 heterocycles. The predicted molar refractivity (Wildman–Crippen MR) is 59.9 cm³/mol. The molecule has 84 valence electrons. The van der Waals surface area contributed by atoms with Crippen LogP contribution in [0.3, 0.4) is 0 Å². The molecule has 1 rings (SSSR count). The van der Waals surface area contributed by atoms with Crippen LogP contribution >= 0.6 is 0 Å². The third kappa shape index (κ3) is 3.51. The molecule has 0 aromatic heterocycles. The van der Waals surface area contributed by atoms with Crippen LogP contribution in [0.2, 0.25) is 0 Å². The molecule has 0 saturated heterocycles. The molecule has 3 heteroatoms. The van der Waals surface area contributed by atoms with E-state index in [1.165, 1.54) is 0 Å². The lowest BCUT2D eigenvalue weighted by Crippen LogP contribution is -2.38. The van der Waals surface area contributed by atoms with E-state index < -0.39 is 12.2 Å². The highest BCUT2D eigenvalue weighted by atomic mass is 19.1. The molecule has 0 fully saturated rings. The number of alkyl halides is 1. The zero-order valence-corrected chi connectivity index (χ0v) is 9.29. The fraction of sp³-hybridized carbons (Fsp3) is 0.500. The summed E-state index contributed by atoms with van der Waals surface area (Å²) in [6.07, 6.45) is 1.35. The highest BCUT2D eigenvalue weighted by molar-refractivity contribution is 5.33. The molecule has 1 unspecified atom stereocenters. The molecule has 0 saturated carbocycles. The van der Waals surface area contributed by atoms with E-state index in [0.29, 0.717) is 6.42 Å². The molecular formula is C12H18FNO. The van der Waals surface area contributed by atoms with Gasteiger partial charge in [0.15, 0.2) is 0 Å². The second kappa shape index (κ2) is 5.12. The Balaban J connectivity index is 2.65. The van der Waals surface area contributed by atoms with Crippen molar-refractivity contribution in [3.8, 4) is 5.75 Å². The summed E-state index contributed by atoms with van der Waals surface area (Å²) >= 11 is 0. The van der Waals surface area contributed by atoms with E-state index in [0.717, 1.165) is 17.7 Å². The Morgan fingerprint density at radius 2 is 2.07 bits per heavy atom. The lowest BCUT2D eigenvalue weighted by Gasteiger charge is -2.20. The first kappa shape index (κ1) is 12.0. The molecule has 0 bridgehead atoms. The first-order valence-corrected chi connectivity index (χ1v) is 5.06. The van der Waals surface area contributed by atoms with Gasteiger partial charge < -0.3 is 10.5 Å². The predicted octanol–water partition coefficient (Wildman–Crippen LogP) is 2.31. The van der Waals surface area contributed by atoms with Gasteiger partial charge in [0.2, 0.25) is 0 Å². The minimum Gasteiger partial charge on any atom is -0.496 e. The number of para-hydroxylation sites is 1. The Bertz CT molecular complexity index is 312. The van der Waals surface area contributed by atoms with Crippen molar-refractivity contribution in [2.24, 2.45) is 5.73 Å². The monoisotopic (exact) mass is 211 g/mol. The fourth-order valence-electron chi connectivity index (χ4n) is 1.40. The third-order valence-corrected chi connectivity index (χ3v) is 2.46. The zero-order valence-electron chi connectivity index (χ0n) is 9.29. The number of halogens is 1. The molecule has 2 nitrogen and oxygen atoms in total. The van der Waals surface area contributed by atoms with Crippen molar-refractivity contribution in [3.05, 3.63) is 29.8 Å². The minimum absolute atomic E-state index is 0.498. The van der Waals surface area contributed by atoms with Gasteiger partial charge in [0.25, 0.3) is 0 Å². The highest BCUT2D eigenvalue weighted by Gasteiger charge is 2.18. The first-order chi connectivity index (χ1) is 7.09. The van der Waals surface area contributed by atoms with Gasteiger partial charge in [0.05, 0.1) is 7.11 Å². The Morgan fingerprint density at radius 1 is 1.40 bits per heavy atom. The molecule has 1 aromatic rings. The van der Waals surface area contributed by atoms with Crippen LogP contribution in [0, 0.1) is 0 Å². The van der Waals surface area contributed by atoms with Crippen molar-refractivity contribution in [2.45, 2.75) is 25.3 Å². The summed E-state index contributed by atoms with van der Waals surface area (Å²) in [5.41, 5.74) is 6.08. The Labute approximate surface area is 90.2 Å². The molecule has 0 aliphatic heterocycles. The molecule has 1 aromatic carbocycles. The van der Waals surface area contributed by atoms with E-state index >= 15 is 0 Å². The summed E-state index contributed by atoms with van der Waals surface area (Å²) in [5, 5.41) is 0. The summed E-state index contributed by atoms with van der Waals surface area (Å²) in [6, 6.07) is 7.74. The van der Waals surface area contributed by atoms with Crippen LogP contribution in [0.25, 0.3) is 0 Å². The standard InChI is InChI=1S/C12H18FNO/c1-12(14,9-13)8-7-10-5-3-4-6-11(10)15-2/h3-6H,7-9,14H2,1-2H3. The zero-order chi connectivity index (χ0) is 11.3. The van der Waals surface area contributed by atoms with Crippen LogP contribution < -0.4 is 10.5 Å². The highest BCUT2D eigenvalue weighted by Crippen LogP contribution is 2.21. The summed E-state index contributed by atoms with van der Waals surface area (Å²) in [4.78, 5) is 0. The number of methoxy groups -OCH3 is 1. The average Bonchev–Trinajstić information content (AvgIpc) is 2.27. The van der Waals surface area contributed by atoms with Gasteiger partial charge in [-0.05, 0) is 31.4 Å². The molecule has 0 spiro atoms. The summed E-state index contributed by atoms with van der Waals surface area (Å²) < 4.78 is 17.7. The first-order valence-electron chi connectivity index (χ1n) is 5.06. The van der Waals surface area contributed by atoms with E-state index in [1.54, 1.807) is 14.0 Å². The maximum Gasteiger partial charge on any atom is 0.122 e. The second-order valence-electron chi connectivity index (χ2n) is 4.10. The maximum atomic E-state index is 12.5. The SMILES string of the molecule is COc1ccccc1CCC(C)(N)CF. The molecule has 0 aliphatic rings. The normalized spacial score (nSPS) is 14.7. The van der Waals surface area contributed by atoms with Crippen molar-refractivity contribution in [3.63, 3.8) is 0 Å². The molecule has 0 amide bonds. The van der Waals surface area contributed by atoms with E-state index in [-0.39, 0.29) is 0 Å². The minimum atomic E-state index is -0.735. The number of aryl methyl sites for hydroxylation is 1. The maximum absolute atomic E-state index is 12.5. The lowest BCUT2D eigenvalue weighted by molar-refractivity contribution is 0.310. The number of hydrogen-bond donors (Lipinski definition) is 1. The van der Waals surface area contributed by atoms with Crippen molar-refractivity contribution >= 4 is 0 Å². The third-order valence-electron chi connectivity index (χ3n) is 2.46. The van der Waals surface area contributed by atoms with E-state index in [2.05, 4.69) is 0 Å². The van der Waals surface area contributed by atoms with Crippen LogP contribution in [0.1, 0.15) is 18.9 Å². The van der Waals surface area contributed by atoms with Crippen molar-refractivity contribution in [1.29, 1.82) is 0 Å². The topological polar surface area (TPSA) is 35.2 Å². The summed E-state index contributed by atoms with van der Waals surface area (Å²) in [7, 11) is 1.63. The van der Waals surface area contributed by atoms with Gasteiger partial charge in [-0.25, -0.2) is 4.39 Å². The van der Waals surface area contributed by atoms with Crippen LogP contribution in [0.15, 0.2) is 24.3 Å². The van der Waals surface area contributed by atoms with Crippen LogP contribution in [0.4, 0.5) is 4.39 Å². The van der Waals surface area contributed by atoms with E-state index in [1.807, 2.05) is 24.3 Å². The van der Waals surface area contributed by atoms with Crippen LogP contribution in [-0.4, -0.2) is 19.3 Å². The van der Waals surface area contributed by atoms with E-state index in [4.69, 9.17) is 10.5 Å². The van der Waals surface area contributed by atoms with Gasteiger partial charge in [0.1, 0.15) is 12.4 Å². The molecule has 15 heavy (non-hydrogen) atoms. The largest absolute Gasteiger partial charge is 0.496 e. The Morgan fingerprint density at radius 3 is 2.67 bits per heavy atom. The van der Waals surface area contributed by atoms with Gasteiger partial charge in [0, 0.05) is 5.54 Å². The Hall–Kier alpha value is -1.09. The lowest BCUT2D eigenvalue weighted by atomic mass is 9.95. The van der Waals surface area contributed by atoms with Crippen molar-refractivity contribution in [1.82, 2.24) is 0 Å². The van der Waals surface area contributed by atoms with Gasteiger partial charge in [-0.3, -0.25) is 0 Å². The number of rotatable bonds is 5. The number of benzene rings is 1. The summed E-state index contributed by atoms with van der Waals surface area (Å²) in [5.74, 6) is 0.840. The smallest absolute Gasteiger partial charge is 0.122 e. The quantitative estimate of drug-likeness (QED) is 0.811. The molecule has 2 N–H and O–H groups in total. The van der Waals surface area contributed by atoms with Crippen LogP contribution in [-0.2, 0) is 6.42 Å². The van der Waals surface area contributed by atoms with Crippen molar-refractivity contribution in [2.75, 3.05) is 13.8 Å². The van der Waals surface area contributed by atoms with Gasteiger partial charge in [-0.15, -0.1) is 0 Å². The molecule has 0 aliphatic carbocycles. The van der Waals surface area contributed by atoms with E-state index in [9.17, 15) is 4.39 Å². The van der Waals surface area contributed by atoms with Gasteiger partial charge in [-0.2, -0.15) is 0 Å². The number of nitrogens with two attached hydrogens (primary N) is 1. The van der Waals surface area contributed by atoms with Gasteiger partial charge in [-0.1, -0.05) is 18.2 Å². The average molecular weight is 211 g/mol.